The highest BCUT2D eigenvalue weighted by molar-refractivity contribution is 5.96. The molecular weight excluding hydrogens is 519 g/mol. The van der Waals surface area contributed by atoms with Crippen molar-refractivity contribution in [3.05, 3.63) is 59.9 Å². The molecule has 3 heterocycles. The Labute approximate surface area is 241 Å². The lowest BCUT2D eigenvalue weighted by Crippen LogP contribution is -2.47. The van der Waals surface area contributed by atoms with E-state index in [1.807, 2.05) is 30.3 Å². The zero-order chi connectivity index (χ0) is 28.6. The molecule has 2 aliphatic rings. The third-order valence-corrected chi connectivity index (χ3v) is 8.08. The van der Waals surface area contributed by atoms with Crippen LogP contribution in [-0.2, 0) is 9.59 Å². The van der Waals surface area contributed by atoms with Crippen LogP contribution in [-0.4, -0.2) is 74.1 Å². The molecule has 0 spiro atoms. The van der Waals surface area contributed by atoms with Gasteiger partial charge in [0.25, 0.3) is 0 Å². The van der Waals surface area contributed by atoms with Gasteiger partial charge in [-0.2, -0.15) is 0 Å². The minimum atomic E-state index is -0.178. The van der Waals surface area contributed by atoms with E-state index in [1.165, 1.54) is 25.3 Å². The molecule has 2 aromatic carbocycles. The molecule has 0 bridgehead atoms. The van der Waals surface area contributed by atoms with Crippen LogP contribution in [0, 0.1) is 12.7 Å². The summed E-state index contributed by atoms with van der Waals surface area (Å²) < 4.78 is 14.0. The van der Waals surface area contributed by atoms with E-state index in [0.29, 0.717) is 17.9 Å². The summed E-state index contributed by atoms with van der Waals surface area (Å²) in [6.07, 6.45) is 4.82. The SMILES string of the molecule is Cc1cc(N2CCCCC2)nc2ccc(NC(=O)CCC(=O)NCCCN3CCN(c4ccccc4F)CC3)cc12. The normalized spacial score (nSPS) is 16.1. The largest absolute Gasteiger partial charge is 0.367 e. The first-order chi connectivity index (χ1) is 20.0. The number of piperidine rings is 1. The van der Waals surface area contributed by atoms with E-state index in [0.717, 1.165) is 74.5 Å². The van der Waals surface area contributed by atoms with Gasteiger partial charge in [-0.1, -0.05) is 12.1 Å². The summed E-state index contributed by atoms with van der Waals surface area (Å²) in [4.78, 5) is 36.5. The fourth-order valence-electron chi connectivity index (χ4n) is 5.73. The Hall–Kier alpha value is -3.72. The predicted molar refractivity (Wildman–Crippen MR) is 163 cm³/mol. The number of carbonyl (C=O) groups excluding carboxylic acids is 2. The van der Waals surface area contributed by atoms with Gasteiger partial charge in [-0.25, -0.2) is 9.37 Å². The Morgan fingerprint density at radius 3 is 2.41 bits per heavy atom. The van der Waals surface area contributed by atoms with E-state index in [4.69, 9.17) is 4.98 Å². The van der Waals surface area contributed by atoms with E-state index < -0.39 is 0 Å². The number of rotatable bonds is 10. The van der Waals surface area contributed by atoms with Gasteiger partial charge in [0.1, 0.15) is 11.6 Å². The number of fused-ring (bicyclic) bond motifs is 1. The van der Waals surface area contributed by atoms with Gasteiger partial charge in [0.05, 0.1) is 11.2 Å². The molecule has 0 radical (unpaired) electrons. The summed E-state index contributed by atoms with van der Waals surface area (Å²) in [5, 5.41) is 6.89. The first-order valence-corrected chi connectivity index (χ1v) is 14.9. The topological polar surface area (TPSA) is 80.8 Å². The van der Waals surface area contributed by atoms with E-state index in [9.17, 15) is 14.0 Å². The average molecular weight is 561 g/mol. The summed E-state index contributed by atoms with van der Waals surface area (Å²) in [5.41, 5.74) is 3.44. The first kappa shape index (κ1) is 28.8. The third kappa shape index (κ3) is 7.73. The van der Waals surface area contributed by atoms with Crippen molar-refractivity contribution < 1.29 is 14.0 Å². The summed E-state index contributed by atoms with van der Waals surface area (Å²) in [5.74, 6) is 0.555. The lowest BCUT2D eigenvalue weighted by Gasteiger charge is -2.36. The molecule has 0 aliphatic carbocycles. The molecule has 218 valence electrons. The minimum Gasteiger partial charge on any atom is -0.367 e. The molecule has 2 saturated heterocycles. The van der Waals surface area contributed by atoms with Gasteiger partial charge in [0.2, 0.25) is 11.8 Å². The maximum Gasteiger partial charge on any atom is 0.224 e. The number of para-hydroxylation sites is 1. The molecule has 2 N–H and O–H groups in total. The minimum absolute atomic E-state index is 0.117. The number of halogens is 1. The number of hydrogen-bond donors (Lipinski definition) is 2. The smallest absolute Gasteiger partial charge is 0.224 e. The highest BCUT2D eigenvalue weighted by Gasteiger charge is 2.19. The molecule has 0 unspecified atom stereocenters. The van der Waals surface area contributed by atoms with Crippen LogP contribution in [0.25, 0.3) is 10.9 Å². The summed E-state index contributed by atoms with van der Waals surface area (Å²) in [6, 6.07) is 14.8. The third-order valence-electron chi connectivity index (χ3n) is 8.08. The monoisotopic (exact) mass is 560 g/mol. The van der Waals surface area contributed by atoms with Crippen molar-refractivity contribution in [2.24, 2.45) is 0 Å². The number of nitrogens with one attached hydrogen (secondary N) is 2. The molecule has 0 saturated carbocycles. The van der Waals surface area contributed by atoms with Gasteiger partial charge in [-0.05, 0) is 81.1 Å². The Morgan fingerprint density at radius 1 is 0.878 bits per heavy atom. The van der Waals surface area contributed by atoms with Gasteiger partial charge in [-0.15, -0.1) is 0 Å². The van der Waals surface area contributed by atoms with Crippen LogP contribution in [0.4, 0.5) is 21.6 Å². The molecular formula is C32H41FN6O2. The molecule has 2 amide bonds. The zero-order valence-corrected chi connectivity index (χ0v) is 24.0. The van der Waals surface area contributed by atoms with Crippen molar-refractivity contribution in [3.63, 3.8) is 0 Å². The number of hydrogen-bond acceptors (Lipinski definition) is 6. The van der Waals surface area contributed by atoms with E-state index in [-0.39, 0.29) is 30.5 Å². The fraction of sp³-hybridized carbons (Fsp3) is 0.469. The first-order valence-electron chi connectivity index (χ1n) is 14.9. The van der Waals surface area contributed by atoms with Gasteiger partial charge in [0, 0.05) is 69.7 Å². The van der Waals surface area contributed by atoms with Gasteiger partial charge in [-0.3, -0.25) is 14.5 Å². The Bertz CT molecular complexity index is 1350. The second-order valence-electron chi connectivity index (χ2n) is 11.1. The number of piperazine rings is 1. The van der Waals surface area contributed by atoms with E-state index in [1.54, 1.807) is 6.07 Å². The van der Waals surface area contributed by atoms with Crippen LogP contribution >= 0.6 is 0 Å². The summed E-state index contributed by atoms with van der Waals surface area (Å²) in [7, 11) is 0. The highest BCUT2D eigenvalue weighted by Crippen LogP contribution is 2.27. The number of carbonyl (C=O) groups is 2. The summed E-state index contributed by atoms with van der Waals surface area (Å²) in [6.45, 7) is 8.94. The number of aryl methyl sites for hydroxylation is 1. The van der Waals surface area contributed by atoms with Crippen molar-refractivity contribution in [2.45, 2.75) is 45.4 Å². The van der Waals surface area contributed by atoms with Gasteiger partial charge < -0.3 is 20.4 Å². The van der Waals surface area contributed by atoms with Crippen molar-refractivity contribution >= 4 is 39.9 Å². The average Bonchev–Trinajstić information content (AvgIpc) is 2.99. The maximum absolute atomic E-state index is 14.0. The standard InChI is InChI=1S/C32H41FN6O2/c1-24-22-30(39-16-5-2-6-17-39)36-28-11-10-25(23-26(24)28)35-32(41)13-12-31(40)34-14-7-15-37-18-20-38(21-19-37)29-9-4-3-8-27(29)33/h3-4,8-11,22-23H,2,5-7,12-21H2,1H3,(H,34,40)(H,35,41). The summed E-state index contributed by atoms with van der Waals surface area (Å²) >= 11 is 0. The second kappa shape index (κ2) is 13.8. The Balaban J connectivity index is 0.996. The van der Waals surface area contributed by atoms with Crippen LogP contribution in [0.5, 0.6) is 0 Å². The van der Waals surface area contributed by atoms with Crippen LogP contribution in [0.1, 0.15) is 44.1 Å². The van der Waals surface area contributed by atoms with Crippen molar-refractivity contribution in [1.29, 1.82) is 0 Å². The molecule has 2 aliphatic heterocycles. The highest BCUT2D eigenvalue weighted by atomic mass is 19.1. The molecule has 0 atom stereocenters. The number of pyridine rings is 1. The van der Waals surface area contributed by atoms with Crippen LogP contribution in [0.2, 0.25) is 0 Å². The van der Waals surface area contributed by atoms with Crippen molar-refractivity contribution in [2.75, 3.05) is 67.5 Å². The molecule has 1 aromatic heterocycles. The fourth-order valence-corrected chi connectivity index (χ4v) is 5.73. The van der Waals surface area contributed by atoms with E-state index in [2.05, 4.69) is 38.3 Å². The number of benzene rings is 2. The predicted octanol–water partition coefficient (Wildman–Crippen LogP) is 4.72. The van der Waals surface area contributed by atoms with Crippen molar-refractivity contribution in [3.8, 4) is 0 Å². The van der Waals surface area contributed by atoms with E-state index >= 15 is 0 Å². The number of anilines is 3. The molecule has 3 aromatic rings. The van der Waals surface area contributed by atoms with Gasteiger partial charge in [0.15, 0.2) is 0 Å². The molecule has 8 nitrogen and oxygen atoms in total. The number of nitrogens with zero attached hydrogens (tertiary/aromatic N) is 4. The Kier molecular flexibility index (Phi) is 9.67. The molecule has 41 heavy (non-hydrogen) atoms. The molecule has 2 fully saturated rings. The van der Waals surface area contributed by atoms with Crippen LogP contribution in [0.15, 0.2) is 48.5 Å². The quantitative estimate of drug-likeness (QED) is 0.350. The number of amides is 2. The lowest BCUT2D eigenvalue weighted by molar-refractivity contribution is -0.124. The lowest BCUT2D eigenvalue weighted by atomic mass is 10.1. The Morgan fingerprint density at radius 2 is 1.63 bits per heavy atom. The van der Waals surface area contributed by atoms with Crippen LogP contribution < -0.4 is 20.4 Å². The number of aromatic nitrogens is 1. The zero-order valence-electron chi connectivity index (χ0n) is 24.0. The van der Waals surface area contributed by atoms with Crippen molar-refractivity contribution in [1.82, 2.24) is 15.2 Å². The van der Waals surface area contributed by atoms with Gasteiger partial charge >= 0.3 is 0 Å². The second-order valence-corrected chi connectivity index (χ2v) is 11.1. The molecule has 9 heteroatoms. The van der Waals surface area contributed by atoms with Crippen LogP contribution in [0.3, 0.4) is 0 Å². The molecule has 5 rings (SSSR count). The maximum atomic E-state index is 14.0.